The predicted molar refractivity (Wildman–Crippen MR) is 84.3 cm³/mol. The number of nitrogens with one attached hydrogen (secondary N) is 1. The fourth-order valence-electron chi connectivity index (χ4n) is 2.38. The van der Waals surface area contributed by atoms with Crippen LogP contribution in [0.1, 0.15) is 45.2 Å². The molecule has 0 saturated carbocycles. The van der Waals surface area contributed by atoms with E-state index in [1.54, 1.807) is 12.1 Å². The third kappa shape index (κ3) is 5.39. The van der Waals surface area contributed by atoms with Gasteiger partial charge in [-0.25, -0.2) is 13.6 Å². The van der Waals surface area contributed by atoms with Crippen molar-refractivity contribution in [2.75, 3.05) is 6.54 Å². The number of benzene rings is 1. The number of hydrogen-bond donors (Lipinski definition) is 3. The molecular formula is C15H26N2O3S. The second-order valence-electron chi connectivity index (χ2n) is 5.39. The molecule has 5 nitrogen and oxygen atoms in total. The summed E-state index contributed by atoms with van der Waals surface area (Å²) in [5, 5.41) is 18.5. The van der Waals surface area contributed by atoms with Crippen LogP contribution in [0.4, 0.5) is 0 Å². The van der Waals surface area contributed by atoms with Crippen LogP contribution >= 0.6 is 0 Å². The summed E-state index contributed by atoms with van der Waals surface area (Å²) in [7, 11) is -3.69. The van der Waals surface area contributed by atoms with Crippen LogP contribution in [0.5, 0.6) is 0 Å². The summed E-state index contributed by atoms with van der Waals surface area (Å²) in [4.78, 5) is 0.106. The van der Waals surface area contributed by atoms with Gasteiger partial charge in [-0.2, -0.15) is 0 Å². The first kappa shape index (κ1) is 18.1. The first-order valence-electron chi connectivity index (χ1n) is 7.33. The van der Waals surface area contributed by atoms with Crippen LogP contribution in [0.15, 0.2) is 29.2 Å². The Bertz CT molecular complexity index is 542. The van der Waals surface area contributed by atoms with Crippen molar-refractivity contribution >= 4 is 10.0 Å². The molecule has 1 rings (SSSR count). The number of rotatable bonds is 8. The molecule has 0 amide bonds. The van der Waals surface area contributed by atoms with Gasteiger partial charge in [-0.05, 0) is 30.5 Å². The molecule has 0 aliphatic heterocycles. The third-order valence-corrected chi connectivity index (χ3v) is 4.82. The Balaban J connectivity index is 2.70. The molecule has 1 aromatic rings. The summed E-state index contributed by atoms with van der Waals surface area (Å²) in [5.41, 5.74) is 0.832. The largest absolute Gasteiger partial charge is 0.392 e. The molecule has 1 aromatic carbocycles. The minimum Gasteiger partial charge on any atom is -0.392 e. The van der Waals surface area contributed by atoms with Crippen molar-refractivity contribution in [3.63, 3.8) is 0 Å². The highest BCUT2D eigenvalue weighted by molar-refractivity contribution is 7.89. The molecule has 21 heavy (non-hydrogen) atoms. The van der Waals surface area contributed by atoms with Gasteiger partial charge in [-0.15, -0.1) is 0 Å². The molecular weight excluding hydrogens is 288 g/mol. The maximum Gasteiger partial charge on any atom is 0.238 e. The molecule has 6 heteroatoms. The van der Waals surface area contributed by atoms with Gasteiger partial charge in [0, 0.05) is 12.6 Å². The van der Waals surface area contributed by atoms with Gasteiger partial charge in [0.1, 0.15) is 0 Å². The molecule has 0 bridgehead atoms. The fraction of sp³-hybridized carbons (Fsp3) is 0.600. The van der Waals surface area contributed by atoms with E-state index in [0.717, 1.165) is 18.4 Å². The van der Waals surface area contributed by atoms with Gasteiger partial charge in [0.25, 0.3) is 0 Å². The molecule has 2 atom stereocenters. The average molecular weight is 314 g/mol. The normalized spacial score (nSPS) is 15.1. The number of aliphatic hydroxyl groups excluding tert-OH is 1. The zero-order chi connectivity index (χ0) is 16.0. The van der Waals surface area contributed by atoms with Crippen molar-refractivity contribution in [2.45, 2.75) is 50.7 Å². The van der Waals surface area contributed by atoms with E-state index in [0.29, 0.717) is 6.54 Å². The van der Waals surface area contributed by atoms with E-state index in [-0.39, 0.29) is 16.9 Å². The van der Waals surface area contributed by atoms with Gasteiger partial charge < -0.3 is 10.4 Å². The highest BCUT2D eigenvalue weighted by atomic mass is 32.2. The summed E-state index contributed by atoms with van der Waals surface area (Å²) in [5.74, 6) is 0.278. The zero-order valence-electron chi connectivity index (χ0n) is 12.9. The fourth-order valence-corrected chi connectivity index (χ4v) is 2.94. The maximum absolute atomic E-state index is 11.4. The molecule has 0 saturated heterocycles. The standard InChI is InChI=1S/C15H26N2O3S/c1-4-12(5-2)15(18)10-17-11(3)13-7-6-8-14(9-13)21(16,19)20/h6-9,11-12,15,17-18H,4-5,10H2,1-3H3,(H2,16,19,20). The van der Waals surface area contributed by atoms with Crippen LogP contribution in [0.2, 0.25) is 0 Å². The molecule has 0 fully saturated rings. The summed E-state index contributed by atoms with van der Waals surface area (Å²) in [6, 6.07) is 6.50. The van der Waals surface area contributed by atoms with Crippen molar-refractivity contribution in [1.29, 1.82) is 0 Å². The lowest BCUT2D eigenvalue weighted by molar-refractivity contribution is 0.0989. The maximum atomic E-state index is 11.4. The minimum atomic E-state index is -3.69. The van der Waals surface area contributed by atoms with Gasteiger partial charge in [-0.1, -0.05) is 38.8 Å². The molecule has 0 aliphatic carbocycles. The summed E-state index contributed by atoms with van der Waals surface area (Å²) >= 11 is 0. The lowest BCUT2D eigenvalue weighted by atomic mass is 9.96. The van der Waals surface area contributed by atoms with Crippen molar-refractivity contribution in [3.8, 4) is 0 Å². The summed E-state index contributed by atoms with van der Waals surface area (Å²) in [6.45, 7) is 6.54. The first-order valence-corrected chi connectivity index (χ1v) is 8.88. The molecule has 0 spiro atoms. The number of sulfonamides is 1. The number of primary sulfonamides is 1. The topological polar surface area (TPSA) is 92.4 Å². The van der Waals surface area contributed by atoms with Gasteiger partial charge in [0.2, 0.25) is 10.0 Å². The van der Waals surface area contributed by atoms with Crippen LogP contribution in [0, 0.1) is 5.92 Å². The quantitative estimate of drug-likeness (QED) is 0.682. The van der Waals surface area contributed by atoms with E-state index in [9.17, 15) is 13.5 Å². The Kier molecular flexibility index (Phi) is 6.80. The molecule has 0 aromatic heterocycles. The Morgan fingerprint density at radius 2 is 1.90 bits per heavy atom. The first-order chi connectivity index (χ1) is 9.79. The van der Waals surface area contributed by atoms with Crippen molar-refractivity contribution in [3.05, 3.63) is 29.8 Å². The molecule has 0 aliphatic rings. The van der Waals surface area contributed by atoms with Crippen LogP contribution in [0.3, 0.4) is 0 Å². The summed E-state index contributed by atoms with van der Waals surface area (Å²) < 4.78 is 22.7. The minimum absolute atomic E-state index is 0.0595. The van der Waals surface area contributed by atoms with E-state index in [1.807, 2.05) is 13.0 Å². The molecule has 0 heterocycles. The molecule has 4 N–H and O–H groups in total. The highest BCUT2D eigenvalue weighted by Gasteiger charge is 2.17. The Morgan fingerprint density at radius 3 is 2.43 bits per heavy atom. The number of hydrogen-bond acceptors (Lipinski definition) is 4. The zero-order valence-corrected chi connectivity index (χ0v) is 13.7. The van der Waals surface area contributed by atoms with Gasteiger partial charge in [0.15, 0.2) is 0 Å². The van der Waals surface area contributed by atoms with Crippen molar-refractivity contribution < 1.29 is 13.5 Å². The second-order valence-corrected chi connectivity index (χ2v) is 6.95. The van der Waals surface area contributed by atoms with E-state index < -0.39 is 16.1 Å². The lowest BCUT2D eigenvalue weighted by Crippen LogP contribution is -2.34. The van der Waals surface area contributed by atoms with Crippen molar-refractivity contribution in [1.82, 2.24) is 5.32 Å². The monoisotopic (exact) mass is 314 g/mol. The Hall–Kier alpha value is -0.950. The SMILES string of the molecule is CCC(CC)C(O)CNC(C)c1cccc(S(N)(=O)=O)c1. The van der Waals surface area contributed by atoms with E-state index >= 15 is 0 Å². The Morgan fingerprint density at radius 1 is 1.29 bits per heavy atom. The summed E-state index contributed by atoms with van der Waals surface area (Å²) in [6.07, 6.45) is 1.48. The molecule has 2 unspecified atom stereocenters. The van der Waals surface area contributed by atoms with Crippen LogP contribution in [-0.2, 0) is 10.0 Å². The third-order valence-electron chi connectivity index (χ3n) is 3.91. The van der Waals surface area contributed by atoms with Crippen LogP contribution in [-0.4, -0.2) is 26.2 Å². The Labute approximate surface area is 127 Å². The van der Waals surface area contributed by atoms with Crippen molar-refractivity contribution in [2.24, 2.45) is 11.1 Å². The van der Waals surface area contributed by atoms with Gasteiger partial charge >= 0.3 is 0 Å². The van der Waals surface area contributed by atoms with Crippen LogP contribution < -0.4 is 10.5 Å². The average Bonchev–Trinajstić information content (AvgIpc) is 2.45. The predicted octanol–water partition coefficient (Wildman–Crippen LogP) is 1.78. The van der Waals surface area contributed by atoms with Gasteiger partial charge in [-0.3, -0.25) is 0 Å². The number of nitrogens with two attached hydrogens (primary N) is 1. The second kappa shape index (κ2) is 7.89. The smallest absolute Gasteiger partial charge is 0.238 e. The molecule has 0 radical (unpaired) electrons. The highest BCUT2D eigenvalue weighted by Crippen LogP contribution is 2.18. The molecule has 120 valence electrons. The van der Waals surface area contributed by atoms with E-state index in [1.165, 1.54) is 6.07 Å². The van der Waals surface area contributed by atoms with Crippen LogP contribution in [0.25, 0.3) is 0 Å². The van der Waals surface area contributed by atoms with E-state index in [4.69, 9.17) is 5.14 Å². The van der Waals surface area contributed by atoms with E-state index in [2.05, 4.69) is 19.2 Å². The van der Waals surface area contributed by atoms with Gasteiger partial charge in [0.05, 0.1) is 11.0 Å². The lowest BCUT2D eigenvalue weighted by Gasteiger charge is -2.23. The number of aliphatic hydroxyl groups is 1.